The maximum atomic E-state index is 11.6. The fraction of sp³-hybridized carbons (Fsp3) is 0.143. The lowest BCUT2D eigenvalue weighted by atomic mass is 10.1. The highest BCUT2D eigenvalue weighted by Gasteiger charge is 2.24. The van der Waals surface area contributed by atoms with Crippen molar-refractivity contribution in [2.24, 2.45) is 0 Å². The highest BCUT2D eigenvalue weighted by molar-refractivity contribution is 8.18. The second-order valence-electron chi connectivity index (χ2n) is 6.25. The Morgan fingerprint density at radius 2 is 1.86 bits per heavy atom. The molecular formula is C21H18N2O4S. The second-order valence-corrected chi connectivity index (χ2v) is 7.26. The molecule has 7 heteroatoms. The number of ether oxygens (including phenoxy) is 2. The summed E-state index contributed by atoms with van der Waals surface area (Å²) in [6.07, 6.45) is 4.44. The van der Waals surface area contributed by atoms with E-state index in [1.165, 1.54) is 5.56 Å². The van der Waals surface area contributed by atoms with Crippen LogP contribution in [0.3, 0.4) is 0 Å². The number of methoxy groups -OCH3 is 1. The lowest BCUT2D eigenvalue weighted by Crippen LogP contribution is -2.17. The molecule has 0 radical (unpaired) electrons. The number of amides is 2. The number of rotatable bonds is 6. The molecule has 2 heterocycles. The first-order valence-corrected chi connectivity index (χ1v) is 9.56. The van der Waals surface area contributed by atoms with Gasteiger partial charge in [-0.25, -0.2) is 0 Å². The molecule has 0 bridgehead atoms. The van der Waals surface area contributed by atoms with Gasteiger partial charge in [0.2, 0.25) is 0 Å². The molecule has 1 saturated heterocycles. The van der Waals surface area contributed by atoms with E-state index in [4.69, 9.17) is 9.47 Å². The zero-order chi connectivity index (χ0) is 19.5. The summed E-state index contributed by atoms with van der Waals surface area (Å²) in [6, 6.07) is 13.4. The van der Waals surface area contributed by atoms with E-state index in [1.807, 2.05) is 48.7 Å². The largest absolute Gasteiger partial charge is 0.497 e. The summed E-state index contributed by atoms with van der Waals surface area (Å²) in [4.78, 5) is 26.4. The van der Waals surface area contributed by atoms with E-state index < -0.39 is 0 Å². The van der Waals surface area contributed by atoms with Crippen LogP contribution in [0.25, 0.3) is 17.0 Å². The highest BCUT2D eigenvalue weighted by atomic mass is 32.2. The zero-order valence-electron chi connectivity index (χ0n) is 15.2. The number of hydrogen-bond donors (Lipinski definition) is 2. The maximum absolute atomic E-state index is 11.6. The lowest BCUT2D eigenvalue weighted by Gasteiger charge is -2.07. The monoisotopic (exact) mass is 394 g/mol. The van der Waals surface area contributed by atoms with Gasteiger partial charge in [-0.15, -0.1) is 0 Å². The van der Waals surface area contributed by atoms with Crippen LogP contribution in [0.15, 0.2) is 53.6 Å². The zero-order valence-corrected chi connectivity index (χ0v) is 16.0. The summed E-state index contributed by atoms with van der Waals surface area (Å²) in [5.74, 6) is 1.22. The summed E-state index contributed by atoms with van der Waals surface area (Å²) in [7, 11) is 1.66. The summed E-state index contributed by atoms with van der Waals surface area (Å²) >= 11 is 0.907. The van der Waals surface area contributed by atoms with Gasteiger partial charge in [0.25, 0.3) is 11.1 Å². The number of aromatic amines is 1. The van der Waals surface area contributed by atoms with Crippen molar-refractivity contribution in [2.75, 3.05) is 13.7 Å². The predicted octanol–water partition coefficient (Wildman–Crippen LogP) is 4.12. The fourth-order valence-electron chi connectivity index (χ4n) is 3.00. The molecule has 0 unspecified atom stereocenters. The third-order valence-electron chi connectivity index (χ3n) is 4.43. The van der Waals surface area contributed by atoms with Crippen LogP contribution >= 0.6 is 11.8 Å². The Bertz CT molecular complexity index is 1070. The number of benzene rings is 2. The minimum Gasteiger partial charge on any atom is -0.497 e. The average molecular weight is 394 g/mol. The Labute approximate surface area is 165 Å². The number of fused-ring (bicyclic) bond motifs is 1. The Morgan fingerprint density at radius 1 is 1.07 bits per heavy atom. The van der Waals surface area contributed by atoms with Gasteiger partial charge >= 0.3 is 0 Å². The van der Waals surface area contributed by atoms with Crippen LogP contribution in [0.1, 0.15) is 11.1 Å². The highest BCUT2D eigenvalue weighted by Crippen LogP contribution is 2.27. The molecular weight excluding hydrogens is 376 g/mol. The van der Waals surface area contributed by atoms with Crippen molar-refractivity contribution in [2.45, 2.75) is 6.42 Å². The van der Waals surface area contributed by atoms with Crippen molar-refractivity contribution in [3.05, 3.63) is 64.7 Å². The molecule has 1 aromatic heterocycles. The third-order valence-corrected chi connectivity index (χ3v) is 5.25. The maximum Gasteiger partial charge on any atom is 0.290 e. The Morgan fingerprint density at radius 3 is 2.57 bits per heavy atom. The van der Waals surface area contributed by atoms with Crippen LogP contribution in [-0.2, 0) is 11.2 Å². The van der Waals surface area contributed by atoms with Crippen molar-refractivity contribution >= 4 is 39.9 Å². The second kappa shape index (κ2) is 7.82. The number of hydrogen-bond acceptors (Lipinski definition) is 5. The van der Waals surface area contributed by atoms with E-state index in [1.54, 1.807) is 13.2 Å². The van der Waals surface area contributed by atoms with E-state index in [0.29, 0.717) is 11.5 Å². The fourth-order valence-corrected chi connectivity index (χ4v) is 3.69. The van der Waals surface area contributed by atoms with Gasteiger partial charge in [-0.3, -0.25) is 14.9 Å². The number of carbonyl (C=O) groups is 2. The number of thioether (sulfide) groups is 1. The molecule has 2 amide bonds. The van der Waals surface area contributed by atoms with Gasteiger partial charge in [-0.2, -0.15) is 0 Å². The van der Waals surface area contributed by atoms with Crippen LogP contribution < -0.4 is 14.8 Å². The van der Waals surface area contributed by atoms with Crippen molar-refractivity contribution in [1.82, 2.24) is 10.3 Å². The van der Waals surface area contributed by atoms with Crippen molar-refractivity contribution in [3.8, 4) is 11.5 Å². The molecule has 1 fully saturated rings. The smallest absolute Gasteiger partial charge is 0.290 e. The van der Waals surface area contributed by atoms with Gasteiger partial charge < -0.3 is 14.5 Å². The van der Waals surface area contributed by atoms with Crippen molar-refractivity contribution in [3.63, 3.8) is 0 Å². The number of H-pyrrole nitrogens is 1. The molecule has 2 aromatic carbocycles. The lowest BCUT2D eigenvalue weighted by molar-refractivity contribution is -0.115. The molecule has 0 aliphatic carbocycles. The molecule has 6 nitrogen and oxygen atoms in total. The van der Waals surface area contributed by atoms with Crippen LogP contribution in [0.5, 0.6) is 11.5 Å². The van der Waals surface area contributed by atoms with E-state index in [2.05, 4.69) is 10.3 Å². The Balaban J connectivity index is 1.37. The summed E-state index contributed by atoms with van der Waals surface area (Å²) < 4.78 is 11.1. The Hall–Kier alpha value is -3.19. The topological polar surface area (TPSA) is 80.4 Å². The first-order chi connectivity index (χ1) is 13.6. The van der Waals surface area contributed by atoms with Gasteiger partial charge in [0.1, 0.15) is 11.5 Å². The van der Waals surface area contributed by atoms with Crippen LogP contribution in [0, 0.1) is 0 Å². The van der Waals surface area contributed by atoms with Gasteiger partial charge in [-0.1, -0.05) is 12.1 Å². The summed E-state index contributed by atoms with van der Waals surface area (Å²) in [5, 5.41) is 3.03. The first-order valence-electron chi connectivity index (χ1n) is 8.74. The molecule has 0 saturated carbocycles. The minimum absolute atomic E-state index is 0.342. The minimum atomic E-state index is -0.356. The van der Waals surface area contributed by atoms with Crippen molar-refractivity contribution < 1.29 is 19.1 Å². The Kier molecular flexibility index (Phi) is 5.08. The molecule has 1 aliphatic rings. The normalized spacial score (nSPS) is 15.2. The molecule has 28 heavy (non-hydrogen) atoms. The molecule has 0 atom stereocenters. The molecule has 142 valence electrons. The predicted molar refractivity (Wildman–Crippen MR) is 110 cm³/mol. The van der Waals surface area contributed by atoms with Gasteiger partial charge in [0.05, 0.1) is 18.6 Å². The third kappa shape index (κ3) is 3.89. The van der Waals surface area contributed by atoms with E-state index in [9.17, 15) is 9.59 Å². The molecule has 2 N–H and O–H groups in total. The van der Waals surface area contributed by atoms with Crippen LogP contribution in [0.4, 0.5) is 4.79 Å². The number of carbonyl (C=O) groups excluding carboxylic acids is 2. The van der Waals surface area contributed by atoms with Gasteiger partial charge in [0.15, 0.2) is 0 Å². The van der Waals surface area contributed by atoms with Gasteiger partial charge in [-0.05, 0) is 59.3 Å². The summed E-state index contributed by atoms with van der Waals surface area (Å²) in [5.41, 5.74) is 3.08. The van der Waals surface area contributed by atoms with E-state index in [-0.39, 0.29) is 11.1 Å². The molecule has 0 spiro atoms. The first kappa shape index (κ1) is 18.2. The molecule has 3 aromatic rings. The van der Waals surface area contributed by atoms with Gasteiger partial charge in [0, 0.05) is 23.5 Å². The SMILES string of the molecule is COc1ccc2[nH]cc(CCOc3ccc(C=C4SC(=O)NC4=O)cc3)c2c1. The number of nitrogens with one attached hydrogen (secondary N) is 2. The molecule has 4 rings (SSSR count). The van der Waals surface area contributed by atoms with E-state index >= 15 is 0 Å². The quantitative estimate of drug-likeness (QED) is 0.615. The van der Waals surface area contributed by atoms with Crippen LogP contribution in [-0.4, -0.2) is 29.8 Å². The number of imide groups is 1. The average Bonchev–Trinajstić information content (AvgIpc) is 3.25. The van der Waals surface area contributed by atoms with E-state index in [0.717, 1.165) is 46.1 Å². The molecule has 1 aliphatic heterocycles. The van der Waals surface area contributed by atoms with Crippen molar-refractivity contribution in [1.29, 1.82) is 0 Å². The van der Waals surface area contributed by atoms with Crippen LogP contribution in [0.2, 0.25) is 0 Å². The summed E-state index contributed by atoms with van der Waals surface area (Å²) in [6.45, 7) is 0.539. The standard InChI is InChI=1S/C21H18N2O4S/c1-26-16-6-7-18-17(11-16)14(12-22-18)8-9-27-15-4-2-13(3-5-15)10-19-20(24)23-21(25)28-19/h2-7,10-12,22H,8-9H2,1H3,(H,23,24,25). The number of aromatic nitrogens is 1.